The van der Waals surface area contributed by atoms with E-state index in [1.165, 1.54) is 12.1 Å². The Morgan fingerprint density at radius 2 is 1.88 bits per heavy atom. The lowest BCUT2D eigenvalue weighted by Gasteiger charge is -2.26. The highest BCUT2D eigenvalue weighted by molar-refractivity contribution is 5.81. The maximum atomic E-state index is 13.1. The standard InChI is InChI=1S/C19H20FNO3/c20-16-8-6-14(7-9-16)12-17(15-4-2-1-3-5-15)21-19(22)18-13-23-10-11-24-18/h1-9,17-18H,10-13H2,(H,21,22)/t17-,18-/m1/s1. The Kier molecular flexibility index (Phi) is 5.56. The van der Waals surface area contributed by atoms with Crippen LogP contribution in [0.25, 0.3) is 0 Å². The predicted molar refractivity (Wildman–Crippen MR) is 88.0 cm³/mol. The van der Waals surface area contributed by atoms with Crippen molar-refractivity contribution in [2.45, 2.75) is 18.6 Å². The Labute approximate surface area is 140 Å². The molecule has 0 unspecified atom stereocenters. The lowest BCUT2D eigenvalue weighted by molar-refractivity contribution is -0.148. The monoisotopic (exact) mass is 329 g/mol. The smallest absolute Gasteiger partial charge is 0.252 e. The second-order valence-corrected chi connectivity index (χ2v) is 5.74. The molecular weight excluding hydrogens is 309 g/mol. The van der Waals surface area contributed by atoms with Gasteiger partial charge in [-0.3, -0.25) is 4.79 Å². The van der Waals surface area contributed by atoms with Gasteiger partial charge >= 0.3 is 0 Å². The molecule has 0 spiro atoms. The van der Waals surface area contributed by atoms with Gasteiger partial charge in [-0.05, 0) is 29.7 Å². The van der Waals surface area contributed by atoms with Crippen molar-refractivity contribution < 1.29 is 18.7 Å². The molecule has 1 N–H and O–H groups in total. The van der Waals surface area contributed by atoms with E-state index >= 15 is 0 Å². The number of hydrogen-bond acceptors (Lipinski definition) is 3. The zero-order chi connectivity index (χ0) is 16.8. The van der Waals surface area contributed by atoms with Gasteiger partial charge in [0, 0.05) is 0 Å². The number of carbonyl (C=O) groups is 1. The van der Waals surface area contributed by atoms with Crippen LogP contribution in [0.1, 0.15) is 17.2 Å². The molecule has 0 aromatic heterocycles. The van der Waals surface area contributed by atoms with Gasteiger partial charge in [0.25, 0.3) is 5.91 Å². The first-order chi connectivity index (χ1) is 11.7. The molecule has 1 aliphatic heterocycles. The topological polar surface area (TPSA) is 47.6 Å². The fraction of sp³-hybridized carbons (Fsp3) is 0.316. The van der Waals surface area contributed by atoms with Crippen molar-refractivity contribution in [1.82, 2.24) is 5.32 Å². The zero-order valence-electron chi connectivity index (χ0n) is 13.3. The molecule has 4 nitrogen and oxygen atoms in total. The molecular formula is C19H20FNO3. The summed E-state index contributed by atoms with van der Waals surface area (Å²) in [4.78, 5) is 12.5. The highest BCUT2D eigenvalue weighted by atomic mass is 19.1. The van der Waals surface area contributed by atoms with Gasteiger partial charge in [-0.15, -0.1) is 0 Å². The van der Waals surface area contributed by atoms with Gasteiger partial charge in [-0.2, -0.15) is 0 Å². The first-order valence-electron chi connectivity index (χ1n) is 8.01. The van der Waals surface area contributed by atoms with Crippen LogP contribution >= 0.6 is 0 Å². The zero-order valence-corrected chi connectivity index (χ0v) is 13.3. The van der Waals surface area contributed by atoms with E-state index in [9.17, 15) is 9.18 Å². The number of benzene rings is 2. The van der Waals surface area contributed by atoms with E-state index < -0.39 is 6.10 Å². The van der Waals surface area contributed by atoms with Crippen molar-refractivity contribution in [2.75, 3.05) is 19.8 Å². The lowest BCUT2D eigenvalue weighted by Crippen LogP contribution is -2.44. The van der Waals surface area contributed by atoms with Gasteiger partial charge in [0.05, 0.1) is 25.9 Å². The SMILES string of the molecule is O=C(N[C@H](Cc1ccc(F)cc1)c1ccccc1)[C@H]1COCCO1. The molecule has 2 atom stereocenters. The van der Waals surface area contributed by atoms with E-state index in [0.717, 1.165) is 11.1 Å². The fourth-order valence-electron chi connectivity index (χ4n) is 2.70. The highest BCUT2D eigenvalue weighted by Crippen LogP contribution is 2.19. The Hall–Kier alpha value is -2.24. The maximum Gasteiger partial charge on any atom is 0.252 e. The summed E-state index contributed by atoms with van der Waals surface area (Å²) in [5.41, 5.74) is 1.94. The first kappa shape index (κ1) is 16.6. The Bertz CT molecular complexity index is 654. The molecule has 2 aromatic rings. The Morgan fingerprint density at radius 3 is 2.54 bits per heavy atom. The van der Waals surface area contributed by atoms with Crippen LogP contribution in [-0.2, 0) is 20.7 Å². The van der Waals surface area contributed by atoms with E-state index in [1.54, 1.807) is 12.1 Å². The normalized spacial score (nSPS) is 18.8. The van der Waals surface area contributed by atoms with E-state index in [-0.39, 0.29) is 24.4 Å². The Balaban J connectivity index is 1.74. The molecule has 2 aromatic carbocycles. The second kappa shape index (κ2) is 8.04. The molecule has 24 heavy (non-hydrogen) atoms. The van der Waals surface area contributed by atoms with Crippen molar-refractivity contribution in [2.24, 2.45) is 0 Å². The average Bonchev–Trinajstić information content (AvgIpc) is 2.64. The minimum Gasteiger partial charge on any atom is -0.376 e. The summed E-state index contributed by atoms with van der Waals surface area (Å²) < 4.78 is 23.9. The van der Waals surface area contributed by atoms with Crippen LogP contribution in [0.15, 0.2) is 54.6 Å². The van der Waals surface area contributed by atoms with Crippen LogP contribution < -0.4 is 5.32 Å². The van der Waals surface area contributed by atoms with Gasteiger partial charge in [0.15, 0.2) is 6.10 Å². The third-order valence-electron chi connectivity index (χ3n) is 3.98. The molecule has 1 fully saturated rings. The largest absolute Gasteiger partial charge is 0.376 e. The molecule has 126 valence electrons. The number of carbonyl (C=O) groups excluding carboxylic acids is 1. The van der Waals surface area contributed by atoms with Crippen molar-refractivity contribution in [3.63, 3.8) is 0 Å². The van der Waals surface area contributed by atoms with E-state index in [1.807, 2.05) is 30.3 Å². The molecule has 0 bridgehead atoms. The summed E-state index contributed by atoms with van der Waals surface area (Å²) in [6.07, 6.45) is -0.0120. The van der Waals surface area contributed by atoms with Gasteiger partial charge in [-0.1, -0.05) is 42.5 Å². The van der Waals surface area contributed by atoms with Crippen LogP contribution in [-0.4, -0.2) is 31.8 Å². The second-order valence-electron chi connectivity index (χ2n) is 5.74. The fourth-order valence-corrected chi connectivity index (χ4v) is 2.70. The number of rotatable bonds is 5. The molecule has 0 saturated carbocycles. The third kappa shape index (κ3) is 4.40. The van der Waals surface area contributed by atoms with Gasteiger partial charge < -0.3 is 14.8 Å². The van der Waals surface area contributed by atoms with Crippen LogP contribution in [0.5, 0.6) is 0 Å². The number of halogens is 1. The van der Waals surface area contributed by atoms with Crippen LogP contribution in [0.3, 0.4) is 0 Å². The summed E-state index contributed by atoms with van der Waals surface area (Å²) in [6, 6.07) is 15.8. The van der Waals surface area contributed by atoms with Crippen LogP contribution in [0.4, 0.5) is 4.39 Å². The summed E-state index contributed by atoms with van der Waals surface area (Å²) in [5, 5.41) is 3.03. The number of amides is 1. The van der Waals surface area contributed by atoms with Crippen molar-refractivity contribution in [1.29, 1.82) is 0 Å². The average molecular weight is 329 g/mol. The number of hydrogen-bond donors (Lipinski definition) is 1. The summed E-state index contributed by atoms with van der Waals surface area (Å²) in [7, 11) is 0. The first-order valence-corrected chi connectivity index (χ1v) is 8.01. The molecule has 3 rings (SSSR count). The van der Waals surface area contributed by atoms with E-state index in [0.29, 0.717) is 19.6 Å². The summed E-state index contributed by atoms with van der Waals surface area (Å²) in [5.74, 6) is -0.461. The van der Waals surface area contributed by atoms with E-state index in [2.05, 4.69) is 5.32 Å². The minimum atomic E-state index is -0.585. The van der Waals surface area contributed by atoms with Crippen molar-refractivity contribution in [3.05, 3.63) is 71.5 Å². The van der Waals surface area contributed by atoms with Gasteiger partial charge in [0.2, 0.25) is 0 Å². The maximum absolute atomic E-state index is 13.1. The van der Waals surface area contributed by atoms with Crippen LogP contribution in [0.2, 0.25) is 0 Å². The molecule has 1 amide bonds. The molecule has 0 aliphatic carbocycles. The minimum absolute atomic E-state index is 0.189. The Morgan fingerprint density at radius 1 is 1.12 bits per heavy atom. The van der Waals surface area contributed by atoms with Gasteiger partial charge in [0.1, 0.15) is 5.82 Å². The molecule has 1 saturated heterocycles. The molecule has 0 radical (unpaired) electrons. The van der Waals surface area contributed by atoms with Crippen LogP contribution in [0, 0.1) is 5.82 Å². The third-order valence-corrected chi connectivity index (χ3v) is 3.98. The lowest BCUT2D eigenvalue weighted by atomic mass is 9.98. The molecule has 5 heteroatoms. The van der Waals surface area contributed by atoms with Crippen molar-refractivity contribution >= 4 is 5.91 Å². The summed E-state index contributed by atoms with van der Waals surface area (Å²) in [6.45, 7) is 1.21. The number of nitrogens with one attached hydrogen (secondary N) is 1. The number of ether oxygens (including phenoxy) is 2. The van der Waals surface area contributed by atoms with E-state index in [4.69, 9.17) is 9.47 Å². The van der Waals surface area contributed by atoms with Crippen molar-refractivity contribution in [3.8, 4) is 0 Å². The highest BCUT2D eigenvalue weighted by Gasteiger charge is 2.25. The molecule has 1 aliphatic rings. The van der Waals surface area contributed by atoms with Gasteiger partial charge in [-0.25, -0.2) is 4.39 Å². The predicted octanol–water partition coefficient (Wildman–Crippen LogP) is 2.64. The summed E-state index contributed by atoms with van der Waals surface area (Å²) >= 11 is 0. The molecule has 1 heterocycles. The quantitative estimate of drug-likeness (QED) is 0.917.